The highest BCUT2D eigenvalue weighted by atomic mass is 35.5. The van der Waals surface area contributed by atoms with E-state index >= 15 is 0 Å². The molecule has 0 aromatic heterocycles. The Morgan fingerprint density at radius 1 is 1.02 bits per heavy atom. The van der Waals surface area contributed by atoms with E-state index in [4.69, 9.17) is 25.8 Å². The van der Waals surface area contributed by atoms with Gasteiger partial charge in [-0.15, -0.1) is 0 Å². The van der Waals surface area contributed by atoms with Crippen LogP contribution >= 0.6 is 11.6 Å². The predicted octanol–water partition coefficient (Wildman–Crippen LogP) is 6.15. The number of benzene rings is 2. The first-order chi connectivity index (χ1) is 26.0. The largest absolute Gasteiger partial charge is 0.491 e. The molecule has 10 nitrogen and oxygen atoms in total. The fourth-order valence-electron chi connectivity index (χ4n) is 7.75. The van der Waals surface area contributed by atoms with Gasteiger partial charge in [-0.05, 0) is 101 Å². The third-order valence-corrected chi connectivity index (χ3v) is 12.9. The zero-order valence-electron chi connectivity index (χ0n) is 33.5. The van der Waals surface area contributed by atoms with E-state index in [-0.39, 0.29) is 23.8 Å². The molecule has 12 heteroatoms. The average molecular weight is 787 g/mol. The van der Waals surface area contributed by atoms with Crippen molar-refractivity contribution in [3.05, 3.63) is 64.7 Å². The molecule has 2 bridgehead atoms. The van der Waals surface area contributed by atoms with Crippen LogP contribution in [0.2, 0.25) is 5.02 Å². The third kappa shape index (κ3) is 11.3. The van der Waals surface area contributed by atoms with E-state index in [1.165, 1.54) is 11.1 Å². The summed E-state index contributed by atoms with van der Waals surface area (Å²) in [6, 6.07) is 11.9. The lowest BCUT2D eigenvalue weighted by Crippen LogP contribution is -2.53. The zero-order valence-corrected chi connectivity index (χ0v) is 35.1. The highest BCUT2D eigenvalue weighted by Crippen LogP contribution is 2.38. The molecule has 0 saturated carbocycles. The van der Waals surface area contributed by atoms with Gasteiger partial charge in [0.2, 0.25) is 0 Å². The molecule has 54 heavy (non-hydrogen) atoms. The van der Waals surface area contributed by atoms with Crippen molar-refractivity contribution in [1.82, 2.24) is 19.4 Å². The molecule has 1 N–H and O–H groups in total. The molecule has 2 aromatic carbocycles. The molecule has 0 radical (unpaired) electrons. The van der Waals surface area contributed by atoms with Crippen molar-refractivity contribution in [3.63, 3.8) is 0 Å². The molecule has 0 spiro atoms. The summed E-state index contributed by atoms with van der Waals surface area (Å²) in [5.41, 5.74) is 2.52. The van der Waals surface area contributed by atoms with Crippen LogP contribution in [0.4, 0.5) is 5.69 Å². The predicted molar refractivity (Wildman–Crippen MR) is 220 cm³/mol. The van der Waals surface area contributed by atoms with E-state index in [0.717, 1.165) is 108 Å². The van der Waals surface area contributed by atoms with Gasteiger partial charge in [-0.3, -0.25) is 24.2 Å². The molecule has 0 aliphatic carbocycles. The number of halogens is 1. The first kappa shape index (κ1) is 42.6. The van der Waals surface area contributed by atoms with Crippen LogP contribution in [-0.4, -0.2) is 129 Å². The number of carbonyl (C=O) groups excluding carboxylic acids is 1. The van der Waals surface area contributed by atoms with Gasteiger partial charge in [0, 0.05) is 63.9 Å². The lowest BCUT2D eigenvalue weighted by atomic mass is 9.91. The van der Waals surface area contributed by atoms with Crippen molar-refractivity contribution in [2.75, 3.05) is 97.8 Å². The van der Waals surface area contributed by atoms with Gasteiger partial charge in [0.15, 0.2) is 11.0 Å². The number of carbonyl (C=O) groups is 1. The molecule has 5 rings (SSSR count). The number of methoxy groups -OCH3 is 1. The monoisotopic (exact) mass is 785 g/mol. The number of aryl methyl sites for hydroxylation is 1. The van der Waals surface area contributed by atoms with Gasteiger partial charge in [-0.1, -0.05) is 56.5 Å². The van der Waals surface area contributed by atoms with Crippen LogP contribution in [0.25, 0.3) is 0 Å². The molecule has 3 aliphatic heterocycles. The summed E-state index contributed by atoms with van der Waals surface area (Å²) in [5, 5.41) is 0.748. The van der Waals surface area contributed by atoms with Crippen molar-refractivity contribution in [2.45, 2.75) is 82.3 Å². The van der Waals surface area contributed by atoms with E-state index in [1.54, 1.807) is 13.2 Å². The number of fused-ring (bicyclic) bond motifs is 1. The van der Waals surface area contributed by atoms with Gasteiger partial charge in [-0.2, -0.15) is 0 Å². The van der Waals surface area contributed by atoms with Crippen molar-refractivity contribution in [1.29, 1.82) is 0 Å². The first-order valence-corrected chi connectivity index (χ1v) is 21.5. The molecule has 2 aromatic rings. The molecule has 4 unspecified atom stereocenters. The summed E-state index contributed by atoms with van der Waals surface area (Å²) in [7, 11) is 1.95. The Labute approximate surface area is 332 Å². The number of rotatable bonds is 11. The molecule has 1 amide bonds. The molecular formula is C42H64ClN5O5S. The molecule has 1 saturated heterocycles. The first-order valence-electron chi connectivity index (χ1n) is 20.0. The maximum Gasteiger partial charge on any atom is 0.251 e. The normalized spacial score (nSPS) is 25.7. The minimum atomic E-state index is -1.74. The van der Waals surface area contributed by atoms with Crippen LogP contribution in [0.5, 0.6) is 5.75 Å². The Morgan fingerprint density at radius 2 is 1.78 bits per heavy atom. The van der Waals surface area contributed by atoms with Crippen molar-refractivity contribution >= 4 is 34.2 Å². The molecular weight excluding hydrogens is 722 g/mol. The molecule has 3 aliphatic rings. The second kappa shape index (κ2) is 20.6. The van der Waals surface area contributed by atoms with Crippen LogP contribution in [0.1, 0.15) is 70.4 Å². The van der Waals surface area contributed by atoms with E-state index < -0.39 is 16.5 Å². The number of ether oxygens (including phenoxy) is 3. The minimum Gasteiger partial charge on any atom is -0.491 e. The van der Waals surface area contributed by atoms with Crippen LogP contribution in [-0.2, 0) is 31.7 Å². The van der Waals surface area contributed by atoms with E-state index in [1.807, 2.05) is 44.0 Å². The number of anilines is 1. The standard InChI is InChI=1S/C42H64ClN5O5S/c1-7-11-33-28-35(43)13-15-37(33)34-30-48-21-17-32(8-2)39(52-27-25-47-20-10-19-46(22-23-47)24-26-51-6)12-9-18-45(5)42(3,4)41(49)44-54(50)36-14-16-40(53-31-34)38(48)29-36/h9,12-16,28-29,32,34,39H,7-8,10-11,17-27,30-31H2,1-6H3,(H,44,49)/b12-9+. The van der Waals surface area contributed by atoms with Gasteiger partial charge < -0.3 is 19.1 Å². The fraction of sp³-hybridized carbons (Fsp3) is 0.643. The maximum absolute atomic E-state index is 13.7. The Balaban J connectivity index is 1.42. The zero-order chi connectivity index (χ0) is 38.7. The summed E-state index contributed by atoms with van der Waals surface area (Å²) in [6.07, 6.45) is 9.25. The van der Waals surface area contributed by atoms with Gasteiger partial charge in [0.1, 0.15) is 5.75 Å². The topological polar surface area (TPSA) is 86.8 Å². The number of nitrogens with zero attached hydrogens (tertiary/aromatic N) is 4. The van der Waals surface area contributed by atoms with E-state index in [2.05, 4.69) is 57.6 Å². The van der Waals surface area contributed by atoms with Crippen LogP contribution < -0.4 is 14.4 Å². The molecule has 3 heterocycles. The van der Waals surface area contributed by atoms with E-state index in [0.29, 0.717) is 24.7 Å². The number of likely N-dealkylation sites (N-methyl/N-ethyl adjacent to an activating group) is 1. The number of hydrogen-bond donors (Lipinski definition) is 1. The van der Waals surface area contributed by atoms with Crippen LogP contribution in [0.3, 0.4) is 0 Å². The highest BCUT2D eigenvalue weighted by Gasteiger charge is 2.34. The second-order valence-corrected chi connectivity index (χ2v) is 17.2. The minimum absolute atomic E-state index is 0.0804. The SMILES string of the molecule is CCCc1cc(Cl)ccc1C1COc2ccc3cc2N(CCC(CC)C(OCCN2CCCN(CCOC)CC2)/C=C/CN(C)C(C)(C)C(=O)NS3=O)C1. The Kier molecular flexibility index (Phi) is 16.3. The summed E-state index contributed by atoms with van der Waals surface area (Å²) in [5.74, 6) is 0.836. The number of nitrogens with one attached hydrogen (secondary N) is 1. The second-order valence-electron chi connectivity index (χ2n) is 15.6. The van der Waals surface area contributed by atoms with Gasteiger partial charge in [0.25, 0.3) is 5.91 Å². The van der Waals surface area contributed by atoms with Gasteiger partial charge in [0.05, 0.1) is 42.0 Å². The fourth-order valence-corrected chi connectivity index (χ4v) is 8.89. The lowest BCUT2D eigenvalue weighted by Gasteiger charge is -2.34. The van der Waals surface area contributed by atoms with Gasteiger partial charge >= 0.3 is 0 Å². The number of hydrogen-bond acceptors (Lipinski definition) is 9. The Bertz CT molecular complexity index is 1580. The molecule has 4 atom stereocenters. The summed E-state index contributed by atoms with van der Waals surface area (Å²) < 4.78 is 35.2. The third-order valence-electron chi connectivity index (χ3n) is 11.6. The van der Waals surface area contributed by atoms with Crippen molar-refractivity contribution in [3.8, 4) is 5.75 Å². The van der Waals surface area contributed by atoms with Crippen molar-refractivity contribution in [2.24, 2.45) is 5.92 Å². The summed E-state index contributed by atoms with van der Waals surface area (Å²) >= 11 is 6.49. The summed E-state index contributed by atoms with van der Waals surface area (Å²) in [4.78, 5) is 23.6. The highest BCUT2D eigenvalue weighted by molar-refractivity contribution is 7.83. The molecule has 300 valence electrons. The smallest absolute Gasteiger partial charge is 0.251 e. The Hall–Kier alpha value is -2.51. The average Bonchev–Trinajstić information content (AvgIpc) is 3.49. The van der Waals surface area contributed by atoms with Crippen LogP contribution in [0, 0.1) is 5.92 Å². The quantitative estimate of drug-likeness (QED) is 0.270. The van der Waals surface area contributed by atoms with Crippen LogP contribution in [0.15, 0.2) is 53.4 Å². The Morgan fingerprint density at radius 3 is 2.50 bits per heavy atom. The number of amides is 1. The summed E-state index contributed by atoms with van der Waals surface area (Å²) in [6.45, 7) is 18.3. The van der Waals surface area contributed by atoms with E-state index in [9.17, 15) is 9.00 Å². The molecule has 1 fully saturated rings. The lowest BCUT2D eigenvalue weighted by molar-refractivity contribution is -0.128. The maximum atomic E-state index is 13.7. The van der Waals surface area contributed by atoms with Gasteiger partial charge in [-0.25, -0.2) is 4.21 Å². The van der Waals surface area contributed by atoms with Crippen molar-refractivity contribution < 1.29 is 23.2 Å².